The number of hydrogen-bond donors (Lipinski definition) is 2. The Morgan fingerprint density at radius 3 is 1.80 bits per heavy atom. The normalized spacial score (nSPS) is 16.5. The van der Waals surface area contributed by atoms with Crippen molar-refractivity contribution in [2.45, 2.75) is 35.2 Å². The third-order valence-electron chi connectivity index (χ3n) is 3.61. The van der Waals surface area contributed by atoms with Crippen molar-refractivity contribution in [2.75, 3.05) is 0 Å². The van der Waals surface area contributed by atoms with E-state index >= 15 is 0 Å². The van der Waals surface area contributed by atoms with Gasteiger partial charge in [-0.1, -0.05) is 29.5 Å². The number of aliphatic hydroxyl groups is 2. The minimum atomic E-state index is -5.24. The standard InChI is InChI=1S/C14H9F6IN2O2/c1-2-13(21,12(25)14(18,19)20)11(24)7-8(15)5(3-22)6(4-23)9(16)10(7)17/h11-12,24-25H,2H2,1H3. The van der Waals surface area contributed by atoms with Crippen molar-refractivity contribution in [1.29, 1.82) is 10.5 Å². The Balaban J connectivity index is 3.74. The van der Waals surface area contributed by atoms with Crippen molar-refractivity contribution < 1.29 is 36.6 Å². The fourth-order valence-corrected chi connectivity index (χ4v) is 2.84. The molecule has 1 aromatic carbocycles. The lowest BCUT2D eigenvalue weighted by atomic mass is 9.86. The molecule has 0 aliphatic carbocycles. The van der Waals surface area contributed by atoms with Gasteiger partial charge < -0.3 is 10.2 Å². The van der Waals surface area contributed by atoms with E-state index in [1.54, 1.807) is 0 Å². The van der Waals surface area contributed by atoms with Gasteiger partial charge in [0.25, 0.3) is 0 Å². The second-order valence-corrected chi connectivity index (χ2v) is 6.96. The van der Waals surface area contributed by atoms with E-state index in [2.05, 4.69) is 0 Å². The quantitative estimate of drug-likeness (QED) is 0.301. The number of halogens is 7. The zero-order chi connectivity index (χ0) is 19.7. The number of aliphatic hydroxyl groups excluding tert-OH is 2. The molecule has 0 bridgehead atoms. The van der Waals surface area contributed by atoms with E-state index < -0.39 is 62.4 Å². The average molecular weight is 478 g/mol. The molecule has 0 fully saturated rings. The molecule has 0 aromatic heterocycles. The van der Waals surface area contributed by atoms with Gasteiger partial charge in [0, 0.05) is 0 Å². The number of alkyl halides is 4. The lowest BCUT2D eigenvalue weighted by molar-refractivity contribution is -0.220. The van der Waals surface area contributed by atoms with E-state index in [1.165, 1.54) is 0 Å². The summed E-state index contributed by atoms with van der Waals surface area (Å²) in [7, 11) is 0. The summed E-state index contributed by atoms with van der Waals surface area (Å²) in [6.45, 7) is 1.10. The Kier molecular flexibility index (Phi) is 6.32. The first kappa shape index (κ1) is 21.5. The molecule has 0 saturated heterocycles. The van der Waals surface area contributed by atoms with Crippen LogP contribution in [0, 0.1) is 40.1 Å². The lowest BCUT2D eigenvalue weighted by Crippen LogP contribution is -2.50. The second kappa shape index (κ2) is 7.35. The van der Waals surface area contributed by atoms with E-state index in [-0.39, 0.29) is 0 Å². The molecule has 25 heavy (non-hydrogen) atoms. The monoisotopic (exact) mass is 478 g/mol. The summed E-state index contributed by atoms with van der Waals surface area (Å²) in [6.07, 6.45) is -11.7. The molecular formula is C14H9F6IN2O2. The Morgan fingerprint density at radius 2 is 1.44 bits per heavy atom. The molecule has 136 valence electrons. The Morgan fingerprint density at radius 1 is 1.00 bits per heavy atom. The number of hydrogen-bond acceptors (Lipinski definition) is 4. The van der Waals surface area contributed by atoms with Crippen LogP contribution in [0.1, 0.15) is 36.1 Å². The van der Waals surface area contributed by atoms with Crippen molar-refractivity contribution in [2.24, 2.45) is 0 Å². The van der Waals surface area contributed by atoms with Gasteiger partial charge in [-0.15, -0.1) is 0 Å². The van der Waals surface area contributed by atoms with Gasteiger partial charge in [0.05, 0.1) is 8.99 Å². The van der Waals surface area contributed by atoms with Gasteiger partial charge in [0.15, 0.2) is 23.6 Å². The fraction of sp³-hybridized carbons (Fsp3) is 0.429. The van der Waals surface area contributed by atoms with E-state index in [0.717, 1.165) is 41.7 Å². The summed E-state index contributed by atoms with van der Waals surface area (Å²) in [5.41, 5.74) is -4.10. The summed E-state index contributed by atoms with van der Waals surface area (Å²) in [5.74, 6) is -5.95. The van der Waals surface area contributed by atoms with Crippen LogP contribution in [0.4, 0.5) is 26.3 Å². The van der Waals surface area contributed by atoms with E-state index in [9.17, 15) is 36.6 Å². The second-order valence-electron chi connectivity index (χ2n) is 4.96. The topological polar surface area (TPSA) is 88.0 Å². The molecule has 0 amide bonds. The highest BCUT2D eigenvalue weighted by atomic mass is 127. The number of rotatable bonds is 4. The van der Waals surface area contributed by atoms with E-state index in [0.29, 0.717) is 0 Å². The van der Waals surface area contributed by atoms with Gasteiger partial charge in [-0.25, -0.2) is 13.2 Å². The van der Waals surface area contributed by atoms with Crippen molar-refractivity contribution in [3.8, 4) is 12.1 Å². The molecule has 1 rings (SSSR count). The van der Waals surface area contributed by atoms with Gasteiger partial charge >= 0.3 is 6.18 Å². The summed E-state index contributed by atoms with van der Waals surface area (Å²) >= 11 is 0.983. The van der Waals surface area contributed by atoms with Crippen molar-refractivity contribution in [1.82, 2.24) is 0 Å². The predicted molar refractivity (Wildman–Crippen MR) is 79.8 cm³/mol. The molecule has 0 saturated carbocycles. The maximum atomic E-state index is 14.3. The van der Waals surface area contributed by atoms with Crippen LogP contribution in [0.2, 0.25) is 0 Å². The van der Waals surface area contributed by atoms with E-state index in [4.69, 9.17) is 10.5 Å². The first-order valence-corrected chi connectivity index (χ1v) is 7.58. The molecule has 3 atom stereocenters. The first-order chi connectivity index (χ1) is 11.4. The molecular weight excluding hydrogens is 469 g/mol. The molecule has 0 aliphatic heterocycles. The van der Waals surface area contributed by atoms with Gasteiger partial charge in [-0.2, -0.15) is 23.7 Å². The average Bonchev–Trinajstić information content (AvgIpc) is 2.55. The van der Waals surface area contributed by atoms with Crippen molar-refractivity contribution in [3.63, 3.8) is 0 Å². The minimum Gasteiger partial charge on any atom is -0.387 e. The number of benzene rings is 1. The van der Waals surface area contributed by atoms with Crippen LogP contribution in [-0.4, -0.2) is 25.9 Å². The molecule has 2 N–H and O–H groups in total. The third kappa shape index (κ3) is 3.54. The van der Waals surface area contributed by atoms with Gasteiger partial charge in [-0.05, 0) is 6.42 Å². The van der Waals surface area contributed by atoms with Gasteiger partial charge in [-0.3, -0.25) is 0 Å². The Bertz CT molecular complexity index is 771. The maximum Gasteiger partial charge on any atom is 0.415 e. The van der Waals surface area contributed by atoms with Gasteiger partial charge in [0.2, 0.25) is 0 Å². The predicted octanol–water partition coefficient (Wildman–Crippen LogP) is 3.39. The van der Waals surface area contributed by atoms with Crippen LogP contribution < -0.4 is 0 Å². The third-order valence-corrected chi connectivity index (χ3v) is 5.56. The zero-order valence-electron chi connectivity index (χ0n) is 12.3. The molecule has 1 aromatic rings. The Labute approximate surface area is 151 Å². The molecule has 3 unspecified atom stereocenters. The van der Waals surface area contributed by atoms with Crippen molar-refractivity contribution in [3.05, 3.63) is 34.1 Å². The largest absolute Gasteiger partial charge is 0.415 e. The van der Waals surface area contributed by atoms with Gasteiger partial charge in [0.1, 0.15) is 29.4 Å². The summed E-state index contributed by atoms with van der Waals surface area (Å²) < 4.78 is 78.2. The van der Waals surface area contributed by atoms with Crippen LogP contribution in [0.15, 0.2) is 0 Å². The number of nitrogens with zero attached hydrogens (tertiary/aromatic N) is 2. The summed E-state index contributed by atoms with van der Waals surface area (Å²) in [4.78, 5) is 0. The van der Waals surface area contributed by atoms with Crippen LogP contribution >= 0.6 is 22.6 Å². The smallest absolute Gasteiger partial charge is 0.387 e. The highest BCUT2D eigenvalue weighted by Crippen LogP contribution is 2.47. The summed E-state index contributed by atoms with van der Waals surface area (Å²) in [5, 5.41) is 37.1. The zero-order valence-corrected chi connectivity index (χ0v) is 14.5. The number of nitriles is 2. The molecule has 11 heteroatoms. The maximum absolute atomic E-state index is 14.3. The SMILES string of the molecule is CCC(I)(C(O)c1c(F)c(F)c(C#N)c(C#N)c1F)C(O)C(F)(F)F. The molecule has 0 heterocycles. The highest BCUT2D eigenvalue weighted by molar-refractivity contribution is 14.1. The van der Waals surface area contributed by atoms with Crippen LogP contribution in [0.5, 0.6) is 0 Å². The minimum absolute atomic E-state index is 0.613. The highest BCUT2D eigenvalue weighted by Gasteiger charge is 2.55. The Hall–Kier alpha value is -1.57. The first-order valence-electron chi connectivity index (χ1n) is 6.50. The lowest BCUT2D eigenvalue weighted by Gasteiger charge is -2.37. The molecule has 4 nitrogen and oxygen atoms in total. The molecule has 0 aliphatic rings. The fourth-order valence-electron chi connectivity index (χ4n) is 2.18. The van der Waals surface area contributed by atoms with Crippen LogP contribution in [-0.2, 0) is 0 Å². The summed E-state index contributed by atoms with van der Waals surface area (Å²) in [6, 6.07) is 2.18. The van der Waals surface area contributed by atoms with Crippen molar-refractivity contribution >= 4 is 22.6 Å². The molecule has 0 radical (unpaired) electrons. The van der Waals surface area contributed by atoms with Crippen LogP contribution in [0.25, 0.3) is 0 Å². The van der Waals surface area contributed by atoms with Crippen LogP contribution in [0.3, 0.4) is 0 Å². The molecule has 0 spiro atoms. The van der Waals surface area contributed by atoms with E-state index in [1.807, 2.05) is 0 Å².